The van der Waals surface area contributed by atoms with Gasteiger partial charge in [0.15, 0.2) is 0 Å². The molecule has 110 valence electrons. The third-order valence-electron chi connectivity index (χ3n) is 2.77. The Morgan fingerprint density at radius 1 is 1.30 bits per heavy atom. The summed E-state index contributed by atoms with van der Waals surface area (Å²) >= 11 is 0. The molecule has 0 bridgehead atoms. The minimum atomic E-state index is -4.15. The van der Waals surface area contributed by atoms with Crippen LogP contribution in [0.4, 0.5) is 0 Å². The van der Waals surface area contributed by atoms with Crippen LogP contribution in [-0.4, -0.2) is 34.2 Å². The predicted octanol–water partition coefficient (Wildman–Crippen LogP) is 1.87. The molecule has 1 aliphatic heterocycles. The van der Waals surface area contributed by atoms with Gasteiger partial charge in [-0.05, 0) is 6.92 Å². The lowest BCUT2D eigenvalue weighted by Crippen LogP contribution is -2.22. The minimum Gasteiger partial charge on any atom is -0.310 e. The van der Waals surface area contributed by atoms with Crippen molar-refractivity contribution in [2.24, 2.45) is 4.40 Å². The molecule has 20 heavy (non-hydrogen) atoms. The van der Waals surface area contributed by atoms with Crippen molar-refractivity contribution in [3.8, 4) is 0 Å². The van der Waals surface area contributed by atoms with Gasteiger partial charge in [0.25, 0.3) is 0 Å². The zero-order chi connectivity index (χ0) is 15.0. The molecule has 0 N–H and O–H groups in total. The average molecular weight is 319 g/mol. The Morgan fingerprint density at radius 2 is 1.95 bits per heavy atom. The quantitative estimate of drug-likeness (QED) is 0.787. The Balaban J connectivity index is 2.55. The molecule has 0 saturated carbocycles. The Hall–Kier alpha value is -1.05. The molecular formula is C11H14NO6PS. The third-order valence-corrected chi connectivity index (χ3v) is 5.71. The fourth-order valence-corrected chi connectivity index (χ4v) is 4.49. The van der Waals surface area contributed by atoms with Gasteiger partial charge in [-0.15, -0.1) is 4.40 Å². The maximum atomic E-state index is 12.4. The standard InChI is InChI=1S/C11H14NO6PS/c1-8-5-4-6-9(7-8)10-11(18-20(14,15)12-10)19(13,16-2)17-3/h4-7,11H,1-3H3. The number of hydrogen-bond donors (Lipinski definition) is 0. The first-order valence-corrected chi connectivity index (χ1v) is 8.60. The van der Waals surface area contributed by atoms with Crippen molar-refractivity contribution >= 4 is 23.6 Å². The maximum Gasteiger partial charge on any atom is 0.382 e. The summed E-state index contributed by atoms with van der Waals surface area (Å²) in [6.07, 6.45) is 0. The van der Waals surface area contributed by atoms with Crippen LogP contribution in [0, 0.1) is 6.92 Å². The molecule has 1 atom stereocenters. The number of benzene rings is 1. The van der Waals surface area contributed by atoms with Crippen molar-refractivity contribution in [3.63, 3.8) is 0 Å². The fourth-order valence-electron chi connectivity index (χ4n) is 1.82. The first-order valence-electron chi connectivity index (χ1n) is 5.62. The van der Waals surface area contributed by atoms with E-state index < -0.39 is 23.7 Å². The smallest absolute Gasteiger partial charge is 0.310 e. The van der Waals surface area contributed by atoms with Gasteiger partial charge in [0, 0.05) is 19.8 Å². The van der Waals surface area contributed by atoms with Gasteiger partial charge >= 0.3 is 17.9 Å². The molecule has 0 spiro atoms. The van der Waals surface area contributed by atoms with E-state index in [1.165, 1.54) is 0 Å². The molecule has 1 aromatic rings. The van der Waals surface area contributed by atoms with Crippen LogP contribution < -0.4 is 0 Å². The SMILES string of the molecule is COP(=O)(OC)C1OS(=O)(=O)N=C1c1cccc(C)c1. The van der Waals surface area contributed by atoms with Crippen LogP contribution in [0.2, 0.25) is 0 Å². The van der Waals surface area contributed by atoms with E-state index in [1.54, 1.807) is 18.2 Å². The van der Waals surface area contributed by atoms with Crippen molar-refractivity contribution in [1.29, 1.82) is 0 Å². The highest BCUT2D eigenvalue weighted by atomic mass is 32.2. The van der Waals surface area contributed by atoms with Gasteiger partial charge in [-0.1, -0.05) is 29.8 Å². The zero-order valence-corrected chi connectivity index (χ0v) is 12.8. The normalized spacial score (nSPS) is 21.8. The minimum absolute atomic E-state index is 0.0146. The highest BCUT2D eigenvalue weighted by Gasteiger charge is 2.47. The Kier molecular flexibility index (Phi) is 4.13. The van der Waals surface area contributed by atoms with Crippen molar-refractivity contribution in [1.82, 2.24) is 0 Å². The molecule has 1 heterocycles. The van der Waals surface area contributed by atoms with Gasteiger partial charge in [0.05, 0.1) is 0 Å². The molecule has 0 amide bonds. The molecule has 0 aromatic heterocycles. The molecule has 9 heteroatoms. The third kappa shape index (κ3) is 2.84. The lowest BCUT2D eigenvalue weighted by molar-refractivity contribution is 0.227. The van der Waals surface area contributed by atoms with Crippen LogP contribution >= 0.6 is 7.60 Å². The zero-order valence-electron chi connectivity index (χ0n) is 11.1. The first-order chi connectivity index (χ1) is 9.31. The van der Waals surface area contributed by atoms with Gasteiger partial charge in [-0.2, -0.15) is 8.42 Å². The second-order valence-corrected chi connectivity index (χ2v) is 7.64. The maximum absolute atomic E-state index is 12.4. The van der Waals surface area contributed by atoms with E-state index in [-0.39, 0.29) is 5.71 Å². The lowest BCUT2D eigenvalue weighted by Gasteiger charge is -2.19. The molecule has 0 fully saturated rings. The van der Waals surface area contributed by atoms with Gasteiger partial charge in [-0.25, -0.2) is 4.18 Å². The molecule has 0 radical (unpaired) electrons. The Morgan fingerprint density at radius 3 is 2.50 bits per heavy atom. The molecule has 2 rings (SSSR count). The largest absolute Gasteiger partial charge is 0.382 e. The Bertz CT molecular complexity index is 691. The van der Waals surface area contributed by atoms with Crippen molar-refractivity contribution in [2.45, 2.75) is 12.8 Å². The second kappa shape index (κ2) is 5.38. The molecule has 0 saturated heterocycles. The fraction of sp³-hybridized carbons (Fsp3) is 0.364. The summed E-state index contributed by atoms with van der Waals surface area (Å²) in [5.41, 5.74) is 1.41. The molecule has 7 nitrogen and oxygen atoms in total. The van der Waals surface area contributed by atoms with Gasteiger partial charge in [0.1, 0.15) is 5.71 Å². The highest BCUT2D eigenvalue weighted by Crippen LogP contribution is 2.55. The number of nitrogens with zero attached hydrogens (tertiary/aromatic N) is 1. The van der Waals surface area contributed by atoms with Crippen LogP contribution in [0.25, 0.3) is 0 Å². The van der Waals surface area contributed by atoms with Crippen LogP contribution in [0.1, 0.15) is 11.1 Å². The van der Waals surface area contributed by atoms with Crippen LogP contribution in [-0.2, 0) is 28.1 Å². The first kappa shape index (κ1) is 15.3. The summed E-state index contributed by atoms with van der Waals surface area (Å²) in [4.78, 5) is 0. The average Bonchev–Trinajstić information content (AvgIpc) is 2.74. The van der Waals surface area contributed by atoms with Crippen LogP contribution in [0.3, 0.4) is 0 Å². The highest BCUT2D eigenvalue weighted by molar-refractivity contribution is 7.86. The molecule has 0 aliphatic carbocycles. The Labute approximate surface area is 117 Å². The van der Waals surface area contributed by atoms with Crippen molar-refractivity contribution in [2.75, 3.05) is 14.2 Å². The van der Waals surface area contributed by atoms with E-state index in [4.69, 9.17) is 13.2 Å². The van der Waals surface area contributed by atoms with E-state index >= 15 is 0 Å². The molecule has 1 unspecified atom stereocenters. The summed E-state index contributed by atoms with van der Waals surface area (Å²) in [5, 5.41) is 0. The summed E-state index contributed by atoms with van der Waals surface area (Å²) in [7, 11) is -5.61. The molecule has 1 aromatic carbocycles. The van der Waals surface area contributed by atoms with E-state index in [2.05, 4.69) is 4.40 Å². The summed E-state index contributed by atoms with van der Waals surface area (Å²) < 4.78 is 53.4. The second-order valence-electron chi connectivity index (χ2n) is 4.13. The van der Waals surface area contributed by atoms with E-state index in [1.807, 2.05) is 13.0 Å². The predicted molar refractivity (Wildman–Crippen MR) is 73.1 cm³/mol. The summed E-state index contributed by atoms with van der Waals surface area (Å²) in [6, 6.07) is 6.94. The van der Waals surface area contributed by atoms with Crippen LogP contribution in [0.5, 0.6) is 0 Å². The van der Waals surface area contributed by atoms with Gasteiger partial charge in [0.2, 0.25) is 5.85 Å². The summed E-state index contributed by atoms with van der Waals surface area (Å²) in [5.74, 6) is -1.40. The van der Waals surface area contributed by atoms with E-state index in [0.717, 1.165) is 19.8 Å². The van der Waals surface area contributed by atoms with Crippen molar-refractivity contribution < 1.29 is 26.2 Å². The van der Waals surface area contributed by atoms with E-state index in [0.29, 0.717) is 5.56 Å². The monoisotopic (exact) mass is 319 g/mol. The topological polar surface area (TPSA) is 91.3 Å². The molecular weight excluding hydrogens is 305 g/mol. The van der Waals surface area contributed by atoms with Crippen molar-refractivity contribution in [3.05, 3.63) is 35.4 Å². The number of rotatable bonds is 4. The lowest BCUT2D eigenvalue weighted by atomic mass is 10.1. The summed E-state index contributed by atoms with van der Waals surface area (Å²) in [6.45, 7) is 1.84. The van der Waals surface area contributed by atoms with Gasteiger partial charge in [-0.3, -0.25) is 4.57 Å². The number of aryl methyl sites for hydroxylation is 1. The van der Waals surface area contributed by atoms with E-state index in [9.17, 15) is 13.0 Å². The van der Waals surface area contributed by atoms with Crippen LogP contribution in [0.15, 0.2) is 28.7 Å². The number of hydrogen-bond acceptors (Lipinski definition) is 6. The van der Waals surface area contributed by atoms with Gasteiger partial charge < -0.3 is 9.05 Å². The molecule has 1 aliphatic rings.